The molecule has 1 N–H and O–H groups in total. The van der Waals surface area contributed by atoms with Gasteiger partial charge in [-0.05, 0) is 25.3 Å². The van der Waals surface area contributed by atoms with Crippen molar-refractivity contribution >= 4 is 10.1 Å². The van der Waals surface area contributed by atoms with Gasteiger partial charge in [0.05, 0.1) is 12.4 Å². The van der Waals surface area contributed by atoms with Crippen LogP contribution in [0.1, 0.15) is 17.5 Å². The average Bonchev–Trinajstić information content (AvgIpc) is 2.24. The van der Waals surface area contributed by atoms with Crippen LogP contribution in [-0.4, -0.2) is 31.9 Å². The Bertz CT molecular complexity index is 422. The lowest BCUT2D eigenvalue weighted by molar-refractivity contribution is 0.138. The molecular weight excluding hydrogens is 240 g/mol. The van der Waals surface area contributed by atoms with Crippen molar-refractivity contribution in [2.45, 2.75) is 19.8 Å². The molecule has 17 heavy (non-hydrogen) atoms. The van der Waals surface area contributed by atoms with E-state index in [0.717, 1.165) is 6.42 Å². The predicted octanol–water partition coefficient (Wildman–Crippen LogP) is 1.83. The minimum absolute atomic E-state index is 0.239. The maximum atomic E-state index is 10.4. The molecule has 0 spiro atoms. The number of hydrogen-bond donors (Lipinski definition) is 1. The first kappa shape index (κ1) is 14.2. The van der Waals surface area contributed by atoms with Gasteiger partial charge in [-0.25, -0.2) is 0 Å². The molecule has 0 aliphatic heterocycles. The Morgan fingerprint density at radius 1 is 1.18 bits per heavy atom. The van der Waals surface area contributed by atoms with E-state index in [1.165, 1.54) is 11.1 Å². The molecule has 0 radical (unpaired) electrons. The van der Waals surface area contributed by atoms with Crippen LogP contribution in [0.2, 0.25) is 0 Å². The van der Waals surface area contributed by atoms with Gasteiger partial charge in [-0.3, -0.25) is 4.55 Å². The summed E-state index contributed by atoms with van der Waals surface area (Å²) in [4.78, 5) is 0. The normalized spacial score (nSPS) is 11.6. The highest BCUT2D eigenvalue weighted by atomic mass is 32.2. The summed E-state index contributed by atoms with van der Waals surface area (Å²) in [5, 5.41) is 0. The molecule has 0 amide bonds. The molecule has 0 bridgehead atoms. The smallest absolute Gasteiger partial charge is 0.264 e. The molecule has 1 aromatic carbocycles. The quantitative estimate of drug-likeness (QED) is 0.598. The van der Waals surface area contributed by atoms with Crippen molar-refractivity contribution in [3.05, 3.63) is 35.4 Å². The molecule has 0 unspecified atom stereocenters. The molecule has 0 fully saturated rings. The monoisotopic (exact) mass is 258 g/mol. The Morgan fingerprint density at radius 3 is 2.41 bits per heavy atom. The first-order valence-corrected chi connectivity index (χ1v) is 7.17. The third-order valence-electron chi connectivity index (χ3n) is 2.35. The van der Waals surface area contributed by atoms with Gasteiger partial charge >= 0.3 is 0 Å². The van der Waals surface area contributed by atoms with Crippen LogP contribution < -0.4 is 0 Å². The number of rotatable bonds is 7. The Kier molecular flexibility index (Phi) is 5.61. The molecular formula is C12H18O4S. The van der Waals surface area contributed by atoms with E-state index in [1.54, 1.807) is 0 Å². The van der Waals surface area contributed by atoms with E-state index < -0.39 is 10.1 Å². The third-order valence-corrected chi connectivity index (χ3v) is 3.15. The average molecular weight is 258 g/mol. The lowest BCUT2D eigenvalue weighted by Crippen LogP contribution is -2.08. The van der Waals surface area contributed by atoms with E-state index >= 15 is 0 Å². The van der Waals surface area contributed by atoms with Crippen molar-refractivity contribution in [1.29, 1.82) is 0 Å². The topological polar surface area (TPSA) is 63.6 Å². The highest BCUT2D eigenvalue weighted by molar-refractivity contribution is 7.85. The molecule has 0 saturated heterocycles. The van der Waals surface area contributed by atoms with E-state index in [4.69, 9.17) is 9.29 Å². The van der Waals surface area contributed by atoms with E-state index in [0.29, 0.717) is 19.6 Å². The standard InChI is InChI=1S/C12H18O4S/c1-11-3-5-12(6-4-11)7-9-16-8-2-10-17(13,14)15/h3-6H,2,7-10H2,1H3,(H,13,14,15). The van der Waals surface area contributed by atoms with E-state index in [-0.39, 0.29) is 5.75 Å². The molecule has 1 aromatic rings. The second-order valence-electron chi connectivity index (χ2n) is 3.99. The molecule has 0 heterocycles. The number of hydrogen-bond acceptors (Lipinski definition) is 3. The first-order chi connectivity index (χ1) is 7.97. The summed E-state index contributed by atoms with van der Waals surface area (Å²) in [6.07, 6.45) is 1.14. The summed E-state index contributed by atoms with van der Waals surface area (Å²) in [5.41, 5.74) is 2.42. The van der Waals surface area contributed by atoms with Crippen molar-refractivity contribution in [2.75, 3.05) is 19.0 Å². The van der Waals surface area contributed by atoms with Crippen molar-refractivity contribution in [2.24, 2.45) is 0 Å². The van der Waals surface area contributed by atoms with Crippen LogP contribution in [0.25, 0.3) is 0 Å². The summed E-state index contributed by atoms with van der Waals surface area (Å²) in [6, 6.07) is 8.20. The molecule has 96 valence electrons. The van der Waals surface area contributed by atoms with Crippen LogP contribution in [-0.2, 0) is 21.3 Å². The lowest BCUT2D eigenvalue weighted by Gasteiger charge is -2.04. The van der Waals surface area contributed by atoms with Crippen LogP contribution in [0.3, 0.4) is 0 Å². The Morgan fingerprint density at radius 2 is 1.82 bits per heavy atom. The second-order valence-corrected chi connectivity index (χ2v) is 5.56. The van der Waals surface area contributed by atoms with E-state index in [1.807, 2.05) is 19.1 Å². The number of aryl methyl sites for hydroxylation is 1. The van der Waals surface area contributed by atoms with Crippen LogP contribution in [0, 0.1) is 6.92 Å². The van der Waals surface area contributed by atoms with E-state index in [9.17, 15) is 8.42 Å². The predicted molar refractivity (Wildman–Crippen MR) is 66.7 cm³/mol. The van der Waals surface area contributed by atoms with Gasteiger partial charge in [0.2, 0.25) is 0 Å². The molecule has 0 aromatic heterocycles. The zero-order valence-electron chi connectivity index (χ0n) is 9.93. The molecule has 0 atom stereocenters. The second kappa shape index (κ2) is 6.74. The molecule has 0 aliphatic rings. The summed E-state index contributed by atoms with van der Waals surface area (Å²) in [7, 11) is -3.85. The third kappa shape index (κ3) is 7.10. The van der Waals surface area contributed by atoms with Crippen LogP contribution in [0.5, 0.6) is 0 Å². The van der Waals surface area contributed by atoms with Crippen molar-refractivity contribution in [3.63, 3.8) is 0 Å². The Labute approximate surface area is 102 Å². The van der Waals surface area contributed by atoms with Gasteiger partial charge in [-0.2, -0.15) is 8.42 Å². The molecule has 5 heteroatoms. The fourth-order valence-electron chi connectivity index (χ4n) is 1.39. The van der Waals surface area contributed by atoms with Gasteiger partial charge in [-0.1, -0.05) is 29.8 Å². The van der Waals surface area contributed by atoms with Crippen LogP contribution >= 0.6 is 0 Å². The number of ether oxygens (including phenoxy) is 1. The zero-order chi connectivity index (χ0) is 12.7. The van der Waals surface area contributed by atoms with Crippen molar-refractivity contribution in [3.8, 4) is 0 Å². The molecule has 0 aliphatic carbocycles. The molecule has 1 rings (SSSR count). The minimum Gasteiger partial charge on any atom is -0.381 e. The minimum atomic E-state index is -3.85. The summed E-state index contributed by atoms with van der Waals surface area (Å²) in [5.74, 6) is -0.239. The molecule has 4 nitrogen and oxygen atoms in total. The maximum Gasteiger partial charge on any atom is 0.264 e. The highest BCUT2D eigenvalue weighted by Gasteiger charge is 2.03. The van der Waals surface area contributed by atoms with Gasteiger partial charge in [0, 0.05) is 6.61 Å². The fraction of sp³-hybridized carbons (Fsp3) is 0.500. The Balaban J connectivity index is 2.10. The Hall–Kier alpha value is -0.910. The largest absolute Gasteiger partial charge is 0.381 e. The maximum absolute atomic E-state index is 10.4. The highest BCUT2D eigenvalue weighted by Crippen LogP contribution is 2.04. The van der Waals surface area contributed by atoms with Crippen molar-refractivity contribution < 1.29 is 17.7 Å². The van der Waals surface area contributed by atoms with Crippen molar-refractivity contribution in [1.82, 2.24) is 0 Å². The van der Waals surface area contributed by atoms with Crippen LogP contribution in [0.4, 0.5) is 0 Å². The van der Waals surface area contributed by atoms with Gasteiger partial charge in [0.1, 0.15) is 0 Å². The summed E-state index contributed by atoms with van der Waals surface area (Å²) in [6.45, 7) is 2.95. The van der Waals surface area contributed by atoms with Gasteiger partial charge in [-0.15, -0.1) is 0 Å². The van der Waals surface area contributed by atoms with Gasteiger partial charge in [0.25, 0.3) is 10.1 Å². The van der Waals surface area contributed by atoms with Crippen LogP contribution in [0.15, 0.2) is 24.3 Å². The fourth-order valence-corrected chi connectivity index (χ4v) is 1.87. The summed E-state index contributed by atoms with van der Waals surface area (Å²) >= 11 is 0. The molecule has 0 saturated carbocycles. The van der Waals surface area contributed by atoms with E-state index in [2.05, 4.69) is 12.1 Å². The lowest BCUT2D eigenvalue weighted by atomic mass is 10.1. The van der Waals surface area contributed by atoms with Gasteiger partial charge < -0.3 is 4.74 Å². The zero-order valence-corrected chi connectivity index (χ0v) is 10.7. The number of benzene rings is 1. The summed E-state index contributed by atoms with van der Waals surface area (Å²) < 4.78 is 34.6. The first-order valence-electron chi connectivity index (χ1n) is 5.56. The van der Waals surface area contributed by atoms with Gasteiger partial charge in [0.15, 0.2) is 0 Å². The SMILES string of the molecule is Cc1ccc(CCOCCCS(=O)(=O)O)cc1.